The number of fused-ring (bicyclic) bond motifs is 3. The lowest BCUT2D eigenvalue weighted by molar-refractivity contribution is -0.160. The number of aliphatic imine (C=N–C) groups is 1. The van der Waals surface area contributed by atoms with Crippen LogP contribution in [0.5, 0.6) is 0 Å². The van der Waals surface area contributed by atoms with Gasteiger partial charge < -0.3 is 14.6 Å². The van der Waals surface area contributed by atoms with Crippen LogP contribution in [0, 0.1) is 12.8 Å². The molecule has 0 spiro atoms. The zero-order valence-corrected chi connectivity index (χ0v) is 24.3. The van der Waals surface area contributed by atoms with Gasteiger partial charge in [-0.05, 0) is 87.6 Å². The highest BCUT2D eigenvalue weighted by Crippen LogP contribution is 2.53. The number of aromatic nitrogens is 2. The van der Waals surface area contributed by atoms with Crippen LogP contribution in [0.2, 0.25) is 0 Å². The Bertz CT molecular complexity index is 1680. The van der Waals surface area contributed by atoms with Gasteiger partial charge in [-0.25, -0.2) is 9.78 Å². The number of dihydropyridines is 1. The van der Waals surface area contributed by atoms with Gasteiger partial charge in [0.15, 0.2) is 6.10 Å². The van der Waals surface area contributed by atoms with Gasteiger partial charge in [0, 0.05) is 29.8 Å². The highest BCUT2D eigenvalue weighted by molar-refractivity contribution is 6.00. The van der Waals surface area contributed by atoms with Crippen molar-refractivity contribution in [3.05, 3.63) is 76.3 Å². The average Bonchev–Trinajstić information content (AvgIpc) is 3.32. The number of carbonyl (C=O) groups is 1. The van der Waals surface area contributed by atoms with Gasteiger partial charge in [-0.15, -0.1) is 0 Å². The van der Waals surface area contributed by atoms with Crippen molar-refractivity contribution in [2.45, 2.75) is 78.0 Å². The number of carboxylic acid groups (broad SMARTS) is 1. The number of aliphatic carboxylic acids is 1. The SMILES string of the molecule is Cc1cc2c(ccc3nc(C(C)C)cn32)c(C2=CC=C3OCCC4=CC=NC2(C)C43)c1[C@H](OC(C)(C)C)C(=O)O. The fraction of sp³-hybridized carbons (Fsp3) is 0.424. The van der Waals surface area contributed by atoms with Gasteiger partial charge >= 0.3 is 5.97 Å². The van der Waals surface area contributed by atoms with Crippen molar-refractivity contribution in [1.29, 1.82) is 0 Å². The molecule has 3 aromatic rings. The summed E-state index contributed by atoms with van der Waals surface area (Å²) in [6, 6.07) is 6.16. The highest BCUT2D eigenvalue weighted by Gasteiger charge is 2.48. The van der Waals surface area contributed by atoms with Gasteiger partial charge in [0.25, 0.3) is 0 Å². The molecule has 208 valence electrons. The lowest BCUT2D eigenvalue weighted by Gasteiger charge is -2.45. The molecule has 2 aromatic heterocycles. The molecule has 0 saturated carbocycles. The molecular weight excluding hydrogens is 502 g/mol. The van der Waals surface area contributed by atoms with E-state index < -0.39 is 23.2 Å². The number of imidazole rings is 1. The summed E-state index contributed by atoms with van der Waals surface area (Å²) in [7, 11) is 0. The second kappa shape index (κ2) is 9.16. The van der Waals surface area contributed by atoms with E-state index in [0.29, 0.717) is 12.2 Å². The third kappa shape index (κ3) is 4.10. The fourth-order valence-corrected chi connectivity index (χ4v) is 6.49. The van der Waals surface area contributed by atoms with Crippen LogP contribution in [0.25, 0.3) is 22.1 Å². The molecule has 2 aliphatic heterocycles. The first-order valence-corrected chi connectivity index (χ1v) is 14.0. The molecule has 1 aliphatic carbocycles. The summed E-state index contributed by atoms with van der Waals surface area (Å²) in [5.74, 6) is 0.142. The number of nitrogens with zero attached hydrogens (tertiary/aromatic N) is 3. The lowest BCUT2D eigenvalue weighted by atomic mass is 9.66. The Morgan fingerprint density at radius 1 is 1.23 bits per heavy atom. The summed E-state index contributed by atoms with van der Waals surface area (Å²) in [6.45, 7) is 14.7. The van der Waals surface area contributed by atoms with E-state index >= 15 is 0 Å². The molecule has 3 atom stereocenters. The van der Waals surface area contributed by atoms with Crippen molar-refractivity contribution < 1.29 is 19.4 Å². The van der Waals surface area contributed by atoms with Gasteiger partial charge in [0.1, 0.15) is 11.4 Å². The zero-order valence-electron chi connectivity index (χ0n) is 24.3. The summed E-state index contributed by atoms with van der Waals surface area (Å²) in [5.41, 5.74) is 6.13. The third-order valence-electron chi connectivity index (χ3n) is 8.29. The summed E-state index contributed by atoms with van der Waals surface area (Å²) in [5, 5.41) is 11.5. The molecule has 0 radical (unpaired) electrons. The standard InChI is InChI=1S/C33H37N3O4/c1-18(2)23-17-36-24-16-19(3)27(30(31(37)38)40-32(4,5)6)28(21(24)8-11-26(36)35-23)22-9-10-25-29-20(13-15-39-25)12-14-34-33(22,29)7/h8-12,14,16-18,29-30H,13,15H2,1-7H3,(H,37,38)/t29?,30-,33?/m0/s1. The highest BCUT2D eigenvalue weighted by atomic mass is 16.5. The van der Waals surface area contributed by atoms with Crippen molar-refractivity contribution in [3.8, 4) is 0 Å². The molecule has 40 heavy (non-hydrogen) atoms. The monoisotopic (exact) mass is 539 g/mol. The van der Waals surface area contributed by atoms with E-state index in [1.54, 1.807) is 0 Å². The molecule has 4 heterocycles. The molecule has 0 bridgehead atoms. The van der Waals surface area contributed by atoms with Gasteiger partial charge in [-0.3, -0.25) is 9.39 Å². The average molecular weight is 540 g/mol. The van der Waals surface area contributed by atoms with E-state index in [9.17, 15) is 9.90 Å². The summed E-state index contributed by atoms with van der Waals surface area (Å²) in [4.78, 5) is 22.8. The Hall–Kier alpha value is -3.71. The number of rotatable bonds is 5. The van der Waals surface area contributed by atoms with Crippen molar-refractivity contribution in [1.82, 2.24) is 9.38 Å². The van der Waals surface area contributed by atoms with Crippen LogP contribution >= 0.6 is 0 Å². The molecule has 1 aromatic carbocycles. The van der Waals surface area contributed by atoms with Crippen LogP contribution < -0.4 is 0 Å². The normalized spacial score (nSPS) is 23.0. The minimum Gasteiger partial charge on any atom is -0.497 e. The first-order chi connectivity index (χ1) is 18.9. The van der Waals surface area contributed by atoms with Gasteiger partial charge in [0.05, 0.1) is 34.9 Å². The Morgan fingerprint density at radius 3 is 2.70 bits per heavy atom. The first-order valence-electron chi connectivity index (χ1n) is 14.0. The predicted molar refractivity (Wildman–Crippen MR) is 158 cm³/mol. The first kappa shape index (κ1) is 26.5. The van der Waals surface area contributed by atoms with E-state index in [1.165, 1.54) is 5.57 Å². The van der Waals surface area contributed by atoms with Crippen molar-refractivity contribution in [3.63, 3.8) is 0 Å². The topological polar surface area (TPSA) is 85.4 Å². The second-order valence-electron chi connectivity index (χ2n) is 12.6. The molecular formula is C33H37N3O4. The number of hydrogen-bond acceptors (Lipinski definition) is 5. The number of allylic oxidation sites excluding steroid dienone is 3. The van der Waals surface area contributed by atoms with Crippen LogP contribution in [-0.4, -0.2) is 44.4 Å². The maximum absolute atomic E-state index is 12.9. The molecule has 1 N–H and O–H groups in total. The summed E-state index contributed by atoms with van der Waals surface area (Å²) < 4.78 is 14.5. The van der Waals surface area contributed by atoms with Crippen LogP contribution in [0.3, 0.4) is 0 Å². The number of pyridine rings is 1. The Kier molecular flexibility index (Phi) is 6.07. The third-order valence-corrected chi connectivity index (χ3v) is 8.29. The lowest BCUT2D eigenvalue weighted by Crippen LogP contribution is -2.43. The van der Waals surface area contributed by atoms with Gasteiger partial charge in [-0.1, -0.05) is 25.5 Å². The molecule has 1 fully saturated rings. The van der Waals surface area contributed by atoms with Crippen LogP contribution in [0.1, 0.15) is 82.4 Å². The largest absolute Gasteiger partial charge is 0.497 e. The van der Waals surface area contributed by atoms with E-state index in [-0.39, 0.29) is 11.8 Å². The number of benzene rings is 1. The van der Waals surface area contributed by atoms with E-state index in [0.717, 1.165) is 51.1 Å². The number of ether oxygens (including phenoxy) is 2. The maximum atomic E-state index is 12.9. The molecule has 7 heteroatoms. The van der Waals surface area contributed by atoms with Gasteiger partial charge in [-0.2, -0.15) is 0 Å². The van der Waals surface area contributed by atoms with Crippen LogP contribution in [0.4, 0.5) is 0 Å². The fourth-order valence-electron chi connectivity index (χ4n) is 6.49. The number of hydrogen-bond donors (Lipinski definition) is 1. The zero-order chi connectivity index (χ0) is 28.6. The Morgan fingerprint density at radius 2 is 2.00 bits per heavy atom. The number of aryl methyl sites for hydroxylation is 1. The molecule has 7 nitrogen and oxygen atoms in total. The quantitative estimate of drug-likeness (QED) is 0.379. The molecule has 0 amide bonds. The van der Waals surface area contributed by atoms with E-state index in [1.807, 2.05) is 46.1 Å². The Labute approximate surface area is 234 Å². The van der Waals surface area contributed by atoms with Crippen molar-refractivity contribution >= 4 is 34.3 Å². The summed E-state index contributed by atoms with van der Waals surface area (Å²) in [6.07, 6.45) is 9.89. The predicted octanol–water partition coefficient (Wildman–Crippen LogP) is 6.95. The van der Waals surface area contributed by atoms with Crippen molar-refractivity contribution in [2.24, 2.45) is 10.9 Å². The molecule has 1 saturated heterocycles. The smallest absolute Gasteiger partial charge is 0.337 e. The number of carboxylic acids is 1. The van der Waals surface area contributed by atoms with E-state index in [4.69, 9.17) is 19.5 Å². The maximum Gasteiger partial charge on any atom is 0.337 e. The molecule has 6 rings (SSSR count). The summed E-state index contributed by atoms with van der Waals surface area (Å²) >= 11 is 0. The minimum atomic E-state index is -1.16. The van der Waals surface area contributed by atoms with Crippen LogP contribution in [0.15, 0.2) is 58.9 Å². The molecule has 3 aliphatic rings. The van der Waals surface area contributed by atoms with E-state index in [2.05, 4.69) is 55.7 Å². The van der Waals surface area contributed by atoms with Gasteiger partial charge in [0.2, 0.25) is 0 Å². The Balaban J connectivity index is 1.71. The molecule has 2 unspecified atom stereocenters. The minimum absolute atomic E-state index is 0.0361. The van der Waals surface area contributed by atoms with Crippen LogP contribution in [-0.2, 0) is 14.3 Å². The second-order valence-corrected chi connectivity index (χ2v) is 12.6. The van der Waals surface area contributed by atoms with Crippen molar-refractivity contribution in [2.75, 3.05) is 6.61 Å².